The zero-order chi connectivity index (χ0) is 18.5. The van der Waals surface area contributed by atoms with E-state index in [1.165, 1.54) is 30.2 Å². The molecular formula is C18H22N4O3S. The Morgan fingerprint density at radius 2 is 2.12 bits per heavy atom. The number of likely N-dealkylation sites (tertiary alicyclic amines) is 1. The van der Waals surface area contributed by atoms with E-state index in [9.17, 15) is 14.9 Å². The third-order valence-electron chi connectivity index (χ3n) is 4.60. The number of benzene rings is 1. The van der Waals surface area contributed by atoms with Crippen molar-refractivity contribution in [3.05, 3.63) is 51.0 Å². The summed E-state index contributed by atoms with van der Waals surface area (Å²) < 4.78 is 0. The van der Waals surface area contributed by atoms with Gasteiger partial charge in [0.2, 0.25) is 5.91 Å². The number of nitrogens with zero attached hydrogens (tertiary/aromatic N) is 3. The predicted molar refractivity (Wildman–Crippen MR) is 101 cm³/mol. The number of para-hydroxylation sites is 1. The minimum atomic E-state index is -0.469. The van der Waals surface area contributed by atoms with Crippen molar-refractivity contribution in [2.75, 3.05) is 18.4 Å². The van der Waals surface area contributed by atoms with Gasteiger partial charge in [-0.05, 0) is 31.8 Å². The summed E-state index contributed by atoms with van der Waals surface area (Å²) in [5.41, 5.74) is 1.31. The van der Waals surface area contributed by atoms with Crippen LogP contribution in [0.3, 0.4) is 0 Å². The van der Waals surface area contributed by atoms with Gasteiger partial charge in [-0.3, -0.25) is 19.8 Å². The molecule has 1 amide bonds. The lowest BCUT2D eigenvalue weighted by atomic mass is 9.99. The van der Waals surface area contributed by atoms with E-state index in [1.807, 2.05) is 5.38 Å². The number of carbonyl (C=O) groups excluding carboxylic acids is 1. The van der Waals surface area contributed by atoms with Crippen molar-refractivity contribution in [1.29, 1.82) is 0 Å². The standard InChI is InChI=1S/C18H22N4O3S/c1-13-6-8-21(9-7-13)11-15-12-26-18(19-15)20-17(23)10-14-4-2-3-5-16(14)22(24)25/h2-5,12-13H,6-11H2,1H3,(H,19,20,23). The van der Waals surface area contributed by atoms with E-state index in [1.54, 1.807) is 18.2 Å². The highest BCUT2D eigenvalue weighted by Crippen LogP contribution is 2.22. The normalized spacial score (nSPS) is 15.7. The third kappa shape index (κ3) is 4.86. The number of nitrogens with one attached hydrogen (secondary N) is 1. The zero-order valence-corrected chi connectivity index (χ0v) is 15.5. The van der Waals surface area contributed by atoms with Crippen LogP contribution in [0.25, 0.3) is 0 Å². The number of thiazole rings is 1. The van der Waals surface area contributed by atoms with E-state index in [4.69, 9.17) is 0 Å². The second-order valence-corrected chi connectivity index (χ2v) is 7.57. The van der Waals surface area contributed by atoms with Gasteiger partial charge in [-0.2, -0.15) is 0 Å². The van der Waals surface area contributed by atoms with E-state index >= 15 is 0 Å². The first-order valence-electron chi connectivity index (χ1n) is 8.70. The molecule has 0 saturated carbocycles. The van der Waals surface area contributed by atoms with Crippen molar-refractivity contribution >= 4 is 28.1 Å². The Hall–Kier alpha value is -2.32. The summed E-state index contributed by atoms with van der Waals surface area (Å²) >= 11 is 1.38. The quantitative estimate of drug-likeness (QED) is 0.618. The first kappa shape index (κ1) is 18.5. The second kappa shape index (κ2) is 8.37. The number of nitro benzene ring substituents is 1. The van der Waals surface area contributed by atoms with Gasteiger partial charge in [-0.15, -0.1) is 11.3 Å². The van der Waals surface area contributed by atoms with Crippen LogP contribution in [-0.2, 0) is 17.8 Å². The van der Waals surface area contributed by atoms with Gasteiger partial charge in [0.25, 0.3) is 5.69 Å². The lowest BCUT2D eigenvalue weighted by Crippen LogP contribution is -2.32. The minimum absolute atomic E-state index is 0.0400. The SMILES string of the molecule is CC1CCN(Cc2csc(NC(=O)Cc3ccccc3[N+](=O)[O-])n2)CC1. The van der Waals surface area contributed by atoms with Gasteiger partial charge >= 0.3 is 0 Å². The van der Waals surface area contributed by atoms with Crippen LogP contribution in [0.5, 0.6) is 0 Å². The Bertz CT molecular complexity index is 784. The van der Waals surface area contributed by atoms with E-state index in [2.05, 4.69) is 22.1 Å². The molecule has 1 aliphatic heterocycles. The van der Waals surface area contributed by atoms with Gasteiger partial charge in [0.05, 0.1) is 17.0 Å². The molecule has 1 saturated heterocycles. The van der Waals surface area contributed by atoms with Crippen LogP contribution >= 0.6 is 11.3 Å². The zero-order valence-electron chi connectivity index (χ0n) is 14.7. The van der Waals surface area contributed by atoms with Crippen LogP contribution in [-0.4, -0.2) is 33.8 Å². The number of hydrogen-bond acceptors (Lipinski definition) is 6. The molecule has 26 heavy (non-hydrogen) atoms. The molecule has 0 aliphatic carbocycles. The number of aromatic nitrogens is 1. The summed E-state index contributed by atoms with van der Waals surface area (Å²) in [7, 11) is 0. The Balaban J connectivity index is 1.55. The fourth-order valence-corrected chi connectivity index (χ4v) is 3.78. The van der Waals surface area contributed by atoms with Gasteiger partial charge in [-0.1, -0.05) is 25.1 Å². The van der Waals surface area contributed by atoms with Crippen LogP contribution in [0, 0.1) is 16.0 Å². The minimum Gasteiger partial charge on any atom is -0.302 e. The second-order valence-electron chi connectivity index (χ2n) is 6.71. The summed E-state index contributed by atoms with van der Waals surface area (Å²) in [4.78, 5) is 29.6. The Kier molecular flexibility index (Phi) is 5.95. The average molecular weight is 374 g/mol. The van der Waals surface area contributed by atoms with Crippen molar-refractivity contribution in [1.82, 2.24) is 9.88 Å². The van der Waals surface area contributed by atoms with E-state index in [0.717, 1.165) is 31.2 Å². The van der Waals surface area contributed by atoms with Crippen LogP contribution in [0.2, 0.25) is 0 Å². The lowest BCUT2D eigenvalue weighted by molar-refractivity contribution is -0.385. The number of amides is 1. The first-order valence-corrected chi connectivity index (χ1v) is 9.58. The molecule has 0 atom stereocenters. The molecule has 1 fully saturated rings. The van der Waals surface area contributed by atoms with Gasteiger partial charge in [-0.25, -0.2) is 4.98 Å². The first-order chi connectivity index (χ1) is 12.5. The number of rotatable bonds is 6. The van der Waals surface area contributed by atoms with Crippen molar-refractivity contribution in [2.24, 2.45) is 5.92 Å². The highest BCUT2D eigenvalue weighted by Gasteiger charge is 2.18. The molecule has 0 radical (unpaired) electrons. The monoisotopic (exact) mass is 374 g/mol. The Morgan fingerprint density at radius 1 is 1.38 bits per heavy atom. The largest absolute Gasteiger partial charge is 0.302 e. The van der Waals surface area contributed by atoms with Crippen LogP contribution in [0.15, 0.2) is 29.6 Å². The van der Waals surface area contributed by atoms with Crippen LogP contribution < -0.4 is 5.32 Å². The molecule has 0 unspecified atom stereocenters. The van der Waals surface area contributed by atoms with Crippen molar-refractivity contribution in [3.63, 3.8) is 0 Å². The number of hydrogen-bond donors (Lipinski definition) is 1. The van der Waals surface area contributed by atoms with E-state index in [-0.39, 0.29) is 18.0 Å². The average Bonchev–Trinajstić information content (AvgIpc) is 3.04. The van der Waals surface area contributed by atoms with E-state index < -0.39 is 4.92 Å². The van der Waals surface area contributed by atoms with Crippen molar-refractivity contribution < 1.29 is 9.72 Å². The Morgan fingerprint density at radius 3 is 2.85 bits per heavy atom. The number of carbonyl (C=O) groups is 1. The number of nitro groups is 1. The molecule has 8 heteroatoms. The summed E-state index contributed by atoms with van der Waals surface area (Å²) in [6, 6.07) is 6.29. The number of anilines is 1. The summed E-state index contributed by atoms with van der Waals surface area (Å²) in [5.74, 6) is 0.491. The maximum absolute atomic E-state index is 12.2. The highest BCUT2D eigenvalue weighted by atomic mass is 32.1. The molecule has 1 aliphatic rings. The maximum Gasteiger partial charge on any atom is 0.273 e. The molecule has 3 rings (SSSR count). The van der Waals surface area contributed by atoms with Crippen LogP contribution in [0.1, 0.15) is 31.0 Å². The molecule has 7 nitrogen and oxygen atoms in total. The van der Waals surface area contributed by atoms with Gasteiger partial charge in [0.1, 0.15) is 0 Å². The fraction of sp³-hybridized carbons (Fsp3) is 0.444. The molecule has 0 spiro atoms. The third-order valence-corrected chi connectivity index (χ3v) is 5.41. The smallest absolute Gasteiger partial charge is 0.273 e. The van der Waals surface area contributed by atoms with E-state index in [0.29, 0.717) is 10.7 Å². The summed E-state index contributed by atoms with van der Waals surface area (Å²) in [6.07, 6.45) is 2.38. The summed E-state index contributed by atoms with van der Waals surface area (Å²) in [5, 5.41) is 16.3. The molecule has 138 valence electrons. The molecule has 2 heterocycles. The van der Waals surface area contributed by atoms with Gasteiger partial charge in [0, 0.05) is 23.6 Å². The molecular weight excluding hydrogens is 352 g/mol. The fourth-order valence-electron chi connectivity index (χ4n) is 3.06. The van der Waals surface area contributed by atoms with Gasteiger partial charge < -0.3 is 5.32 Å². The predicted octanol–water partition coefficient (Wildman–Crippen LogP) is 3.46. The molecule has 2 aromatic rings. The highest BCUT2D eigenvalue weighted by molar-refractivity contribution is 7.13. The molecule has 1 aromatic carbocycles. The lowest BCUT2D eigenvalue weighted by Gasteiger charge is -2.29. The number of piperidine rings is 1. The van der Waals surface area contributed by atoms with Crippen molar-refractivity contribution in [2.45, 2.75) is 32.7 Å². The van der Waals surface area contributed by atoms with Crippen LogP contribution in [0.4, 0.5) is 10.8 Å². The molecule has 1 N–H and O–H groups in total. The van der Waals surface area contributed by atoms with Crippen molar-refractivity contribution in [3.8, 4) is 0 Å². The molecule has 1 aromatic heterocycles. The molecule has 0 bridgehead atoms. The Labute approximate surface area is 156 Å². The topological polar surface area (TPSA) is 88.4 Å². The maximum atomic E-state index is 12.2. The van der Waals surface area contributed by atoms with Gasteiger partial charge in [0.15, 0.2) is 5.13 Å². The summed E-state index contributed by atoms with van der Waals surface area (Å²) in [6.45, 7) is 5.24.